The highest BCUT2D eigenvalue weighted by Gasteiger charge is 2.22. The molecule has 7 nitrogen and oxygen atoms in total. The Morgan fingerprint density at radius 3 is 1.60 bits per heavy atom. The predicted molar refractivity (Wildman–Crippen MR) is 212 cm³/mol. The molecule has 6 aromatic heterocycles. The minimum absolute atomic E-state index is 0.697. The first-order chi connectivity index (χ1) is 26.3. The summed E-state index contributed by atoms with van der Waals surface area (Å²) in [5.41, 5.74) is 11.7. The van der Waals surface area contributed by atoms with Crippen molar-refractivity contribution in [2.45, 2.75) is 0 Å². The molecule has 0 bridgehead atoms. The van der Waals surface area contributed by atoms with Gasteiger partial charge in [0, 0.05) is 50.6 Å². The summed E-state index contributed by atoms with van der Waals surface area (Å²) < 4.78 is 11.1. The molecule has 0 amide bonds. The fraction of sp³-hybridized carbons (Fsp3) is 0. The van der Waals surface area contributed by atoms with Crippen LogP contribution in [0.15, 0.2) is 170 Å². The van der Waals surface area contributed by atoms with Crippen LogP contribution in [0.1, 0.15) is 0 Å². The van der Waals surface area contributed by atoms with Crippen LogP contribution in [-0.2, 0) is 0 Å². The van der Waals surface area contributed by atoms with Gasteiger partial charge in [-0.1, -0.05) is 91.0 Å². The molecule has 6 heterocycles. The van der Waals surface area contributed by atoms with Gasteiger partial charge in [0.15, 0.2) is 0 Å². The number of ether oxygens (including phenoxy) is 1. The second-order valence-electron chi connectivity index (χ2n) is 13.1. The highest BCUT2D eigenvalue weighted by molar-refractivity contribution is 6.13. The molecule has 0 aliphatic heterocycles. The van der Waals surface area contributed by atoms with Crippen molar-refractivity contribution in [2.24, 2.45) is 0 Å². The quantitative estimate of drug-likeness (QED) is 0.169. The van der Waals surface area contributed by atoms with Gasteiger partial charge in [-0.15, -0.1) is 0 Å². The van der Waals surface area contributed by atoms with E-state index in [1.807, 2.05) is 73.2 Å². The van der Waals surface area contributed by atoms with Crippen LogP contribution in [0.4, 0.5) is 0 Å². The van der Waals surface area contributed by atoms with E-state index in [2.05, 4.69) is 106 Å². The number of hydrogen-bond acceptors (Lipinski definition) is 5. The van der Waals surface area contributed by atoms with E-state index in [4.69, 9.17) is 24.7 Å². The molecule has 11 rings (SSSR count). The number of pyridine rings is 4. The largest absolute Gasteiger partial charge is 0.457 e. The summed E-state index contributed by atoms with van der Waals surface area (Å²) in [6.45, 7) is 0. The number of benzene rings is 5. The van der Waals surface area contributed by atoms with Crippen LogP contribution in [0, 0.1) is 0 Å². The highest BCUT2D eigenvalue weighted by Crippen LogP contribution is 2.40. The minimum Gasteiger partial charge on any atom is -0.457 e. The van der Waals surface area contributed by atoms with E-state index in [0.29, 0.717) is 11.5 Å². The van der Waals surface area contributed by atoms with Gasteiger partial charge in [0.1, 0.15) is 22.8 Å². The van der Waals surface area contributed by atoms with Gasteiger partial charge >= 0.3 is 0 Å². The Hall–Kier alpha value is -7.38. The number of fused-ring (bicyclic) bond motifs is 12. The normalized spacial score (nSPS) is 11.8. The van der Waals surface area contributed by atoms with Gasteiger partial charge in [-0.2, -0.15) is 0 Å². The van der Waals surface area contributed by atoms with E-state index in [-0.39, 0.29) is 0 Å². The van der Waals surface area contributed by atoms with Gasteiger partial charge in [0.05, 0.1) is 45.3 Å². The Balaban J connectivity index is 1.12. The van der Waals surface area contributed by atoms with E-state index in [9.17, 15) is 0 Å². The van der Waals surface area contributed by atoms with Gasteiger partial charge < -0.3 is 4.74 Å². The third-order valence-electron chi connectivity index (χ3n) is 10.1. The molecule has 11 aromatic rings. The number of imidazole rings is 2. The first-order valence-corrected chi connectivity index (χ1v) is 17.5. The number of rotatable bonds is 5. The Morgan fingerprint density at radius 1 is 0.434 bits per heavy atom. The zero-order valence-corrected chi connectivity index (χ0v) is 28.3. The maximum atomic E-state index is 6.70. The molecule has 0 unspecified atom stereocenters. The van der Waals surface area contributed by atoms with Crippen LogP contribution in [0.3, 0.4) is 0 Å². The Labute approximate surface area is 303 Å². The van der Waals surface area contributed by atoms with E-state index < -0.39 is 0 Å². The summed E-state index contributed by atoms with van der Waals surface area (Å²) in [6.07, 6.45) is 5.63. The molecule has 0 fully saturated rings. The van der Waals surface area contributed by atoms with E-state index in [1.54, 1.807) is 0 Å². The zero-order valence-electron chi connectivity index (χ0n) is 28.3. The molecule has 53 heavy (non-hydrogen) atoms. The summed E-state index contributed by atoms with van der Waals surface area (Å²) >= 11 is 0. The van der Waals surface area contributed by atoms with Gasteiger partial charge in [0.2, 0.25) is 0 Å². The molecule has 0 radical (unpaired) electrons. The van der Waals surface area contributed by atoms with Crippen molar-refractivity contribution in [1.82, 2.24) is 28.7 Å². The van der Waals surface area contributed by atoms with E-state index in [1.165, 1.54) is 0 Å². The predicted octanol–water partition coefficient (Wildman–Crippen LogP) is 11.2. The highest BCUT2D eigenvalue weighted by atomic mass is 16.5. The third kappa shape index (κ3) is 4.54. The second-order valence-corrected chi connectivity index (χ2v) is 13.1. The molecule has 0 saturated heterocycles. The molecule has 0 aliphatic carbocycles. The molecular formula is C46H28N6O. The first kappa shape index (κ1) is 29.4. The average Bonchev–Trinajstić information content (AvgIpc) is 3.86. The van der Waals surface area contributed by atoms with Crippen molar-refractivity contribution >= 4 is 54.9 Å². The molecule has 0 N–H and O–H groups in total. The molecular weight excluding hydrogens is 653 g/mol. The lowest BCUT2D eigenvalue weighted by Crippen LogP contribution is -1.96. The zero-order chi connectivity index (χ0) is 34.9. The standard InChI is InChI=1S/C46H28N6O/c1-4-12-29(13-5-1)40-28-49-45-36-26-32(20-22-34(36)42-38(51(40)45)18-10-24-47-42)53-33-21-23-35-37(27-33)46-50-41(30-14-6-2-7-15-30)44(31-16-8-3-9-17-31)52(46)39-19-11-25-48-43(35)39/h1-28H. The molecule has 0 aliphatic rings. The van der Waals surface area contributed by atoms with Crippen LogP contribution in [0.2, 0.25) is 0 Å². The summed E-state index contributed by atoms with van der Waals surface area (Å²) in [6, 6.07) is 51.7. The first-order valence-electron chi connectivity index (χ1n) is 17.5. The Kier molecular flexibility index (Phi) is 6.42. The van der Waals surface area contributed by atoms with Crippen LogP contribution in [-0.4, -0.2) is 28.7 Å². The monoisotopic (exact) mass is 680 g/mol. The molecule has 0 spiro atoms. The van der Waals surface area contributed by atoms with Gasteiger partial charge in [-0.25, -0.2) is 9.97 Å². The van der Waals surface area contributed by atoms with Gasteiger partial charge in [0.25, 0.3) is 0 Å². The van der Waals surface area contributed by atoms with Gasteiger partial charge in [-0.05, 0) is 60.7 Å². The van der Waals surface area contributed by atoms with Crippen LogP contribution in [0.25, 0.3) is 88.7 Å². The fourth-order valence-electron chi connectivity index (χ4n) is 7.76. The third-order valence-corrected chi connectivity index (χ3v) is 10.1. The van der Waals surface area contributed by atoms with Crippen molar-refractivity contribution in [1.29, 1.82) is 0 Å². The van der Waals surface area contributed by atoms with Crippen LogP contribution in [0.5, 0.6) is 11.5 Å². The number of nitrogens with zero attached hydrogens (tertiary/aromatic N) is 6. The van der Waals surface area contributed by atoms with Crippen LogP contribution >= 0.6 is 0 Å². The maximum Gasteiger partial charge on any atom is 0.146 e. The topological polar surface area (TPSA) is 69.6 Å². The lowest BCUT2D eigenvalue weighted by molar-refractivity contribution is 0.484. The lowest BCUT2D eigenvalue weighted by Gasteiger charge is -2.13. The number of aromatic nitrogens is 6. The van der Waals surface area contributed by atoms with Gasteiger partial charge in [-0.3, -0.25) is 18.8 Å². The molecule has 7 heteroatoms. The molecule has 5 aromatic carbocycles. The van der Waals surface area contributed by atoms with Crippen molar-refractivity contribution in [3.05, 3.63) is 170 Å². The summed E-state index contributed by atoms with van der Waals surface area (Å²) in [5, 5.41) is 3.94. The van der Waals surface area contributed by atoms with Crippen molar-refractivity contribution in [3.8, 4) is 45.3 Å². The van der Waals surface area contributed by atoms with Crippen molar-refractivity contribution < 1.29 is 4.74 Å². The summed E-state index contributed by atoms with van der Waals surface area (Å²) in [5.74, 6) is 1.40. The summed E-state index contributed by atoms with van der Waals surface area (Å²) in [7, 11) is 0. The van der Waals surface area contributed by atoms with Crippen molar-refractivity contribution in [3.63, 3.8) is 0 Å². The maximum absolute atomic E-state index is 6.70. The SMILES string of the molecule is c1ccc(-c2nc3c4cc(Oc5ccc6c(c5)c5ncc(-c7ccccc7)n5c5cccnc65)ccc4c4ncccc4n3c2-c2ccccc2)cc1. The lowest BCUT2D eigenvalue weighted by atomic mass is 10.0. The molecule has 0 saturated carbocycles. The fourth-order valence-corrected chi connectivity index (χ4v) is 7.76. The Bertz CT molecular complexity index is 3190. The van der Waals surface area contributed by atoms with E-state index >= 15 is 0 Å². The van der Waals surface area contributed by atoms with Crippen LogP contribution < -0.4 is 4.74 Å². The minimum atomic E-state index is 0.697. The number of hydrogen-bond donors (Lipinski definition) is 0. The summed E-state index contributed by atoms with van der Waals surface area (Å²) in [4.78, 5) is 20.0. The molecule has 0 atom stereocenters. The second kappa shape index (κ2) is 11.6. The van der Waals surface area contributed by atoms with Crippen molar-refractivity contribution in [2.75, 3.05) is 0 Å². The average molecular weight is 681 g/mol. The smallest absolute Gasteiger partial charge is 0.146 e. The Morgan fingerprint density at radius 2 is 0.981 bits per heavy atom. The van der Waals surface area contributed by atoms with E-state index in [0.717, 1.165) is 88.7 Å². The molecule has 248 valence electrons.